The Kier molecular flexibility index (Phi) is 4.41. The summed E-state index contributed by atoms with van der Waals surface area (Å²) < 4.78 is 10.6. The summed E-state index contributed by atoms with van der Waals surface area (Å²) >= 11 is 7.37. The Morgan fingerprint density at radius 1 is 1.50 bits per heavy atom. The van der Waals surface area contributed by atoms with Gasteiger partial charge < -0.3 is 14.5 Å². The Labute approximate surface area is 114 Å². The van der Waals surface area contributed by atoms with E-state index in [1.54, 1.807) is 6.07 Å². The van der Waals surface area contributed by atoms with Gasteiger partial charge in [-0.1, -0.05) is 11.6 Å². The second-order valence-electron chi connectivity index (χ2n) is 3.60. The van der Waals surface area contributed by atoms with Gasteiger partial charge in [-0.25, -0.2) is 4.79 Å². The Morgan fingerprint density at radius 2 is 2.33 bits per heavy atom. The van der Waals surface area contributed by atoms with E-state index in [9.17, 15) is 4.79 Å². The predicted molar refractivity (Wildman–Crippen MR) is 69.9 cm³/mol. The second-order valence-corrected chi connectivity index (χ2v) is 5.40. The van der Waals surface area contributed by atoms with E-state index in [4.69, 9.17) is 16.0 Å². The van der Waals surface area contributed by atoms with Gasteiger partial charge in [0, 0.05) is 11.4 Å². The quantitative estimate of drug-likeness (QED) is 0.858. The van der Waals surface area contributed by atoms with Gasteiger partial charge in [0.1, 0.15) is 12.0 Å². The highest BCUT2D eigenvalue weighted by atomic mass is 35.5. The van der Waals surface area contributed by atoms with Gasteiger partial charge in [-0.2, -0.15) is 0 Å². The lowest BCUT2D eigenvalue weighted by molar-refractivity contribution is 0.0600. The van der Waals surface area contributed by atoms with E-state index in [0.29, 0.717) is 24.4 Å². The topological polar surface area (TPSA) is 51.5 Å². The summed E-state index contributed by atoms with van der Waals surface area (Å²) in [5.41, 5.74) is 0.425. The summed E-state index contributed by atoms with van der Waals surface area (Å²) in [5, 5.41) is 3.21. The first-order chi connectivity index (χ1) is 8.69. The standard InChI is InChI=1S/C12H12ClNO3S/c1-16-12(15)8-4-9(17-7-8)5-14-6-10-2-3-11(13)18-10/h2-4,7,14H,5-6H2,1H3. The van der Waals surface area contributed by atoms with Crippen LogP contribution in [0.2, 0.25) is 4.34 Å². The average Bonchev–Trinajstić information content (AvgIpc) is 2.98. The van der Waals surface area contributed by atoms with Gasteiger partial charge in [0.15, 0.2) is 0 Å². The molecular formula is C12H12ClNO3S. The zero-order valence-corrected chi connectivity index (χ0v) is 11.3. The van der Waals surface area contributed by atoms with Crippen LogP contribution in [0.5, 0.6) is 0 Å². The van der Waals surface area contributed by atoms with Gasteiger partial charge in [0.2, 0.25) is 0 Å². The van der Waals surface area contributed by atoms with Gasteiger partial charge in [0.05, 0.1) is 23.6 Å². The van der Waals surface area contributed by atoms with Crippen molar-refractivity contribution in [3.63, 3.8) is 0 Å². The number of furan rings is 1. The van der Waals surface area contributed by atoms with Crippen LogP contribution in [0.25, 0.3) is 0 Å². The van der Waals surface area contributed by atoms with Crippen LogP contribution in [0.4, 0.5) is 0 Å². The summed E-state index contributed by atoms with van der Waals surface area (Å²) in [7, 11) is 1.34. The first-order valence-electron chi connectivity index (χ1n) is 5.29. The number of nitrogens with one attached hydrogen (secondary N) is 1. The van der Waals surface area contributed by atoms with Crippen molar-refractivity contribution in [3.05, 3.63) is 45.0 Å². The monoisotopic (exact) mass is 285 g/mol. The van der Waals surface area contributed by atoms with Crippen molar-refractivity contribution < 1.29 is 13.9 Å². The van der Waals surface area contributed by atoms with Gasteiger partial charge in [-0.15, -0.1) is 11.3 Å². The van der Waals surface area contributed by atoms with E-state index in [2.05, 4.69) is 10.1 Å². The minimum atomic E-state index is -0.393. The van der Waals surface area contributed by atoms with Crippen LogP contribution in [0.1, 0.15) is 21.0 Å². The van der Waals surface area contributed by atoms with Crippen LogP contribution < -0.4 is 5.32 Å². The number of carbonyl (C=O) groups is 1. The summed E-state index contributed by atoms with van der Waals surface area (Å²) in [6.07, 6.45) is 1.39. The number of hydrogen-bond donors (Lipinski definition) is 1. The molecule has 0 fully saturated rings. The van der Waals surface area contributed by atoms with Crippen LogP contribution in [0.3, 0.4) is 0 Å². The van der Waals surface area contributed by atoms with Crippen molar-refractivity contribution >= 4 is 28.9 Å². The van der Waals surface area contributed by atoms with Crippen LogP contribution in [0.15, 0.2) is 28.9 Å². The molecule has 0 unspecified atom stereocenters. The van der Waals surface area contributed by atoms with Gasteiger partial charge in [0.25, 0.3) is 0 Å². The van der Waals surface area contributed by atoms with Crippen molar-refractivity contribution in [3.8, 4) is 0 Å². The van der Waals surface area contributed by atoms with Crippen molar-refractivity contribution in [1.29, 1.82) is 0 Å². The maximum atomic E-state index is 11.2. The zero-order chi connectivity index (χ0) is 13.0. The molecule has 0 aliphatic carbocycles. The molecule has 0 radical (unpaired) electrons. The highest BCUT2D eigenvalue weighted by molar-refractivity contribution is 7.16. The summed E-state index contributed by atoms with van der Waals surface area (Å²) in [4.78, 5) is 12.4. The van der Waals surface area contributed by atoms with Crippen molar-refractivity contribution in [2.45, 2.75) is 13.1 Å². The number of halogens is 1. The third-order valence-electron chi connectivity index (χ3n) is 2.30. The van der Waals surface area contributed by atoms with Crippen molar-refractivity contribution in [2.75, 3.05) is 7.11 Å². The molecule has 2 heterocycles. The first kappa shape index (κ1) is 13.1. The fourth-order valence-corrected chi connectivity index (χ4v) is 2.51. The van der Waals surface area contributed by atoms with Crippen molar-refractivity contribution in [1.82, 2.24) is 5.32 Å². The Balaban J connectivity index is 1.83. The molecule has 2 aromatic heterocycles. The third kappa shape index (κ3) is 3.35. The van der Waals surface area contributed by atoms with Crippen LogP contribution in [0, 0.1) is 0 Å². The normalized spacial score (nSPS) is 10.6. The molecule has 6 heteroatoms. The van der Waals surface area contributed by atoms with E-state index < -0.39 is 5.97 Å². The van der Waals surface area contributed by atoms with Crippen LogP contribution in [-0.2, 0) is 17.8 Å². The van der Waals surface area contributed by atoms with Crippen molar-refractivity contribution in [2.24, 2.45) is 0 Å². The molecule has 18 heavy (non-hydrogen) atoms. The molecule has 0 aliphatic heterocycles. The van der Waals surface area contributed by atoms with Crippen LogP contribution >= 0.6 is 22.9 Å². The summed E-state index contributed by atoms with van der Waals surface area (Å²) in [6.45, 7) is 1.26. The minimum Gasteiger partial charge on any atom is -0.467 e. The van der Waals surface area contributed by atoms with E-state index in [1.165, 1.54) is 24.7 Å². The number of esters is 1. The maximum absolute atomic E-state index is 11.2. The van der Waals surface area contributed by atoms with Gasteiger partial charge >= 0.3 is 5.97 Å². The zero-order valence-electron chi connectivity index (χ0n) is 9.73. The molecule has 1 N–H and O–H groups in total. The van der Waals surface area contributed by atoms with E-state index in [-0.39, 0.29) is 0 Å². The first-order valence-corrected chi connectivity index (χ1v) is 6.49. The minimum absolute atomic E-state index is 0.393. The number of rotatable bonds is 5. The molecule has 0 saturated carbocycles. The number of hydrogen-bond acceptors (Lipinski definition) is 5. The molecule has 2 rings (SSSR count). The van der Waals surface area contributed by atoms with E-state index in [1.807, 2.05) is 12.1 Å². The highest BCUT2D eigenvalue weighted by Gasteiger charge is 2.09. The Hall–Kier alpha value is -1.30. The molecule has 0 aliphatic rings. The second kappa shape index (κ2) is 6.04. The van der Waals surface area contributed by atoms with E-state index >= 15 is 0 Å². The van der Waals surface area contributed by atoms with Crippen LogP contribution in [-0.4, -0.2) is 13.1 Å². The molecule has 0 bridgehead atoms. The lowest BCUT2D eigenvalue weighted by Crippen LogP contribution is -2.11. The number of carbonyl (C=O) groups excluding carboxylic acids is 1. The lowest BCUT2D eigenvalue weighted by atomic mass is 10.3. The molecule has 0 saturated heterocycles. The molecule has 0 amide bonds. The SMILES string of the molecule is COC(=O)c1coc(CNCc2ccc(Cl)s2)c1. The Morgan fingerprint density at radius 3 is 3.00 bits per heavy atom. The fraction of sp³-hybridized carbons (Fsp3) is 0.250. The molecular weight excluding hydrogens is 274 g/mol. The number of ether oxygens (including phenoxy) is 1. The molecule has 96 valence electrons. The summed E-state index contributed by atoms with van der Waals surface area (Å²) in [6, 6.07) is 5.51. The van der Waals surface area contributed by atoms with E-state index in [0.717, 1.165) is 9.21 Å². The maximum Gasteiger partial charge on any atom is 0.341 e. The highest BCUT2D eigenvalue weighted by Crippen LogP contribution is 2.21. The summed E-state index contributed by atoms with van der Waals surface area (Å²) in [5.74, 6) is 0.299. The molecule has 2 aromatic rings. The third-order valence-corrected chi connectivity index (χ3v) is 3.53. The molecule has 4 nitrogen and oxygen atoms in total. The number of methoxy groups -OCH3 is 1. The average molecular weight is 286 g/mol. The molecule has 0 atom stereocenters. The predicted octanol–water partition coefficient (Wildman–Crippen LogP) is 3.07. The van der Waals surface area contributed by atoms with Gasteiger partial charge in [-0.3, -0.25) is 0 Å². The lowest BCUT2D eigenvalue weighted by Gasteiger charge is -1.99. The largest absolute Gasteiger partial charge is 0.467 e. The number of thiophene rings is 1. The smallest absolute Gasteiger partial charge is 0.341 e. The Bertz CT molecular complexity index is 535. The fourth-order valence-electron chi connectivity index (χ4n) is 1.45. The molecule has 0 spiro atoms. The molecule has 0 aromatic carbocycles. The van der Waals surface area contributed by atoms with Gasteiger partial charge in [-0.05, 0) is 18.2 Å².